The second kappa shape index (κ2) is 10.9. The average molecular weight is 443 g/mol. The highest BCUT2D eigenvalue weighted by atomic mass is 32.1. The van der Waals surface area contributed by atoms with Crippen molar-refractivity contribution in [3.8, 4) is 11.3 Å². The van der Waals surface area contributed by atoms with Crippen LogP contribution in [-0.2, 0) is 17.8 Å². The molecule has 0 radical (unpaired) electrons. The fourth-order valence-corrected chi connectivity index (χ4v) is 4.16. The van der Waals surface area contributed by atoms with Crippen LogP contribution in [0.1, 0.15) is 46.4 Å². The van der Waals surface area contributed by atoms with Crippen LogP contribution < -0.4 is 5.32 Å². The number of aromatic nitrogens is 2. The number of hydrogen-bond acceptors (Lipinski definition) is 4. The first-order valence-electron chi connectivity index (χ1n) is 10.3. The standard InChI is InChI=1S/C23H27FN4O2S/c1-16(29)25-15-20-10-11-22(31-20)23(30)28(2)12-5-3-4-9-19-14-21(27-26-19)17-7-6-8-18(24)13-17/h6-8,10-11,13-14H,3-5,9,12,15H2,1-2H3,(H,25,29)(H,26,27). The van der Waals surface area contributed by atoms with Crippen LogP contribution in [0.15, 0.2) is 42.5 Å². The molecule has 0 saturated carbocycles. The number of H-pyrrole nitrogens is 1. The van der Waals surface area contributed by atoms with E-state index in [0.717, 1.165) is 47.5 Å². The maximum atomic E-state index is 13.4. The summed E-state index contributed by atoms with van der Waals surface area (Å²) in [5.41, 5.74) is 2.53. The van der Waals surface area contributed by atoms with Crippen LogP contribution >= 0.6 is 11.3 Å². The lowest BCUT2D eigenvalue weighted by Gasteiger charge is -2.16. The molecule has 2 amide bonds. The maximum absolute atomic E-state index is 13.4. The fraction of sp³-hybridized carbons (Fsp3) is 0.348. The van der Waals surface area contributed by atoms with Crippen LogP contribution in [-0.4, -0.2) is 40.5 Å². The number of amides is 2. The third-order valence-corrected chi connectivity index (χ3v) is 5.99. The Hall–Kier alpha value is -3.00. The first kappa shape index (κ1) is 22.7. The Morgan fingerprint density at radius 3 is 2.77 bits per heavy atom. The number of carbonyl (C=O) groups is 2. The van der Waals surface area contributed by atoms with Gasteiger partial charge >= 0.3 is 0 Å². The van der Waals surface area contributed by atoms with E-state index in [9.17, 15) is 14.0 Å². The Morgan fingerprint density at radius 2 is 2.00 bits per heavy atom. The number of aryl methyl sites for hydroxylation is 1. The minimum atomic E-state index is -0.271. The largest absolute Gasteiger partial charge is 0.351 e. The van der Waals surface area contributed by atoms with Crippen LogP contribution in [0.5, 0.6) is 0 Å². The molecule has 0 aliphatic rings. The van der Waals surface area contributed by atoms with Crippen molar-refractivity contribution in [3.05, 3.63) is 63.7 Å². The molecule has 0 fully saturated rings. The van der Waals surface area contributed by atoms with Gasteiger partial charge in [0.25, 0.3) is 5.91 Å². The highest BCUT2D eigenvalue weighted by Crippen LogP contribution is 2.20. The van der Waals surface area contributed by atoms with Gasteiger partial charge in [-0.05, 0) is 49.6 Å². The van der Waals surface area contributed by atoms with Gasteiger partial charge in [-0.2, -0.15) is 5.10 Å². The Balaban J connectivity index is 1.38. The third-order valence-electron chi connectivity index (χ3n) is 4.92. The molecular formula is C23H27FN4O2S. The number of rotatable bonds is 10. The number of hydrogen-bond donors (Lipinski definition) is 2. The van der Waals surface area contributed by atoms with Gasteiger partial charge in [-0.3, -0.25) is 14.7 Å². The number of halogens is 1. The van der Waals surface area contributed by atoms with Crippen LogP contribution in [0.3, 0.4) is 0 Å². The smallest absolute Gasteiger partial charge is 0.263 e. The van der Waals surface area contributed by atoms with Crippen molar-refractivity contribution in [1.29, 1.82) is 0 Å². The van der Waals surface area contributed by atoms with Gasteiger partial charge in [0.2, 0.25) is 5.91 Å². The maximum Gasteiger partial charge on any atom is 0.263 e. The highest BCUT2D eigenvalue weighted by Gasteiger charge is 2.14. The van der Waals surface area contributed by atoms with Crippen LogP contribution in [0.4, 0.5) is 4.39 Å². The molecule has 6 nitrogen and oxygen atoms in total. The molecule has 0 spiro atoms. The normalized spacial score (nSPS) is 10.8. The van der Waals surface area contributed by atoms with Gasteiger partial charge in [-0.15, -0.1) is 11.3 Å². The van der Waals surface area contributed by atoms with E-state index in [2.05, 4.69) is 15.5 Å². The molecule has 3 aromatic rings. The molecular weight excluding hydrogens is 415 g/mol. The topological polar surface area (TPSA) is 78.1 Å². The first-order valence-corrected chi connectivity index (χ1v) is 11.1. The molecule has 0 atom stereocenters. The summed E-state index contributed by atoms with van der Waals surface area (Å²) < 4.78 is 13.4. The molecule has 0 unspecified atom stereocenters. The second-order valence-corrected chi connectivity index (χ2v) is 8.67. The van der Waals surface area contributed by atoms with E-state index < -0.39 is 0 Å². The average Bonchev–Trinajstić information content (AvgIpc) is 3.41. The molecule has 3 rings (SSSR count). The second-order valence-electron chi connectivity index (χ2n) is 7.50. The minimum Gasteiger partial charge on any atom is -0.351 e. The van der Waals surface area contributed by atoms with Crippen molar-refractivity contribution in [2.45, 2.75) is 39.2 Å². The van der Waals surface area contributed by atoms with Gasteiger partial charge in [0.1, 0.15) is 5.82 Å². The Kier molecular flexibility index (Phi) is 7.94. The molecule has 2 heterocycles. The molecule has 31 heavy (non-hydrogen) atoms. The van der Waals surface area contributed by atoms with Gasteiger partial charge in [-0.25, -0.2) is 4.39 Å². The van der Waals surface area contributed by atoms with E-state index in [1.165, 1.54) is 30.4 Å². The summed E-state index contributed by atoms with van der Waals surface area (Å²) in [4.78, 5) is 26.9. The lowest BCUT2D eigenvalue weighted by atomic mass is 10.1. The van der Waals surface area contributed by atoms with Crippen molar-refractivity contribution in [2.75, 3.05) is 13.6 Å². The Morgan fingerprint density at radius 1 is 1.16 bits per heavy atom. The lowest BCUT2D eigenvalue weighted by Crippen LogP contribution is -2.27. The monoisotopic (exact) mass is 442 g/mol. The van der Waals surface area contributed by atoms with Crippen molar-refractivity contribution in [2.24, 2.45) is 0 Å². The van der Waals surface area contributed by atoms with E-state index >= 15 is 0 Å². The minimum absolute atomic E-state index is 0.00683. The van der Waals surface area contributed by atoms with E-state index in [1.807, 2.05) is 31.3 Å². The summed E-state index contributed by atoms with van der Waals surface area (Å²) in [6, 6.07) is 12.1. The summed E-state index contributed by atoms with van der Waals surface area (Å²) >= 11 is 1.41. The zero-order chi connectivity index (χ0) is 22.2. The molecule has 0 bridgehead atoms. The zero-order valence-corrected chi connectivity index (χ0v) is 18.6. The lowest BCUT2D eigenvalue weighted by molar-refractivity contribution is -0.119. The molecule has 0 saturated heterocycles. The van der Waals surface area contributed by atoms with Gasteiger partial charge in [0, 0.05) is 36.7 Å². The molecule has 0 aliphatic carbocycles. The van der Waals surface area contributed by atoms with Crippen molar-refractivity contribution >= 4 is 23.2 Å². The number of carbonyl (C=O) groups excluding carboxylic acids is 2. The van der Waals surface area contributed by atoms with Crippen molar-refractivity contribution < 1.29 is 14.0 Å². The van der Waals surface area contributed by atoms with Crippen LogP contribution in [0.2, 0.25) is 0 Å². The van der Waals surface area contributed by atoms with Crippen molar-refractivity contribution in [1.82, 2.24) is 20.4 Å². The van der Waals surface area contributed by atoms with E-state index in [0.29, 0.717) is 18.0 Å². The van der Waals surface area contributed by atoms with Crippen LogP contribution in [0, 0.1) is 5.82 Å². The van der Waals surface area contributed by atoms with Gasteiger partial charge in [0.05, 0.1) is 17.1 Å². The van der Waals surface area contributed by atoms with Crippen LogP contribution in [0.25, 0.3) is 11.3 Å². The van der Waals surface area contributed by atoms with E-state index in [4.69, 9.17) is 0 Å². The fourth-order valence-electron chi connectivity index (χ4n) is 3.22. The molecule has 2 N–H and O–H groups in total. The summed E-state index contributed by atoms with van der Waals surface area (Å²) in [5, 5.41) is 10.0. The third kappa shape index (κ3) is 6.75. The van der Waals surface area contributed by atoms with Crippen molar-refractivity contribution in [3.63, 3.8) is 0 Å². The summed E-state index contributed by atoms with van der Waals surface area (Å²) in [5.74, 6) is -0.349. The Bertz CT molecular complexity index is 1030. The zero-order valence-electron chi connectivity index (χ0n) is 17.8. The summed E-state index contributed by atoms with van der Waals surface area (Å²) in [6.07, 6.45) is 3.74. The molecule has 1 aromatic carbocycles. The number of unbranched alkanes of at least 4 members (excludes halogenated alkanes) is 2. The van der Waals surface area contributed by atoms with Gasteiger partial charge in [0.15, 0.2) is 0 Å². The molecule has 2 aromatic heterocycles. The Labute approximate surface area is 185 Å². The van der Waals surface area contributed by atoms with Gasteiger partial charge in [-0.1, -0.05) is 18.6 Å². The predicted octanol–water partition coefficient (Wildman–Crippen LogP) is 4.40. The number of nitrogens with one attached hydrogen (secondary N) is 2. The molecule has 0 aliphatic heterocycles. The molecule has 164 valence electrons. The summed E-state index contributed by atoms with van der Waals surface area (Å²) in [6.45, 7) is 2.61. The SMILES string of the molecule is CC(=O)NCc1ccc(C(=O)N(C)CCCCCc2cc(-c3cccc(F)c3)n[nH]2)s1. The highest BCUT2D eigenvalue weighted by molar-refractivity contribution is 7.14. The first-order chi connectivity index (χ1) is 14.9. The van der Waals surface area contributed by atoms with Gasteiger partial charge < -0.3 is 10.2 Å². The predicted molar refractivity (Wildman–Crippen MR) is 120 cm³/mol. The molecule has 8 heteroatoms. The number of thiophene rings is 1. The summed E-state index contributed by atoms with van der Waals surface area (Å²) in [7, 11) is 1.82. The number of benzene rings is 1. The van der Waals surface area contributed by atoms with E-state index in [-0.39, 0.29) is 17.6 Å². The quantitative estimate of drug-likeness (QED) is 0.457. The number of nitrogens with zero attached hydrogens (tertiary/aromatic N) is 2. The number of aromatic amines is 1. The van der Waals surface area contributed by atoms with E-state index in [1.54, 1.807) is 11.0 Å².